The maximum Gasteiger partial charge on any atom is 0.314 e. The molecule has 0 spiro atoms. The predicted molar refractivity (Wildman–Crippen MR) is 90.6 cm³/mol. The molecule has 0 saturated carbocycles. The van der Waals surface area contributed by atoms with Crippen LogP contribution >= 0.6 is 0 Å². The summed E-state index contributed by atoms with van der Waals surface area (Å²) < 4.78 is 0. The van der Waals surface area contributed by atoms with Crippen molar-refractivity contribution in [2.24, 2.45) is 0 Å². The molecule has 0 saturated heterocycles. The van der Waals surface area contributed by atoms with Crippen LogP contribution in [0.5, 0.6) is 0 Å². The molecule has 2 aromatic carbocycles. The molecular weight excluding hydrogens is 290 g/mol. The first-order valence-electron chi connectivity index (χ1n) is 7.49. The molecule has 4 heteroatoms. The van der Waals surface area contributed by atoms with E-state index < -0.39 is 11.4 Å². The van der Waals surface area contributed by atoms with Gasteiger partial charge in [0.15, 0.2) is 0 Å². The molecule has 0 aromatic heterocycles. The van der Waals surface area contributed by atoms with Crippen molar-refractivity contribution in [1.29, 1.82) is 0 Å². The number of hydrogen-bond donors (Lipinski definition) is 2. The van der Waals surface area contributed by atoms with E-state index in [1.165, 1.54) is 0 Å². The van der Waals surface area contributed by atoms with Gasteiger partial charge in [0.1, 0.15) is 0 Å². The second-order valence-corrected chi connectivity index (χ2v) is 6.05. The number of carbonyl (C=O) groups excluding carboxylic acids is 1. The third kappa shape index (κ3) is 3.77. The summed E-state index contributed by atoms with van der Waals surface area (Å²) in [4.78, 5) is 24.1. The van der Waals surface area contributed by atoms with Gasteiger partial charge in [-0.25, -0.2) is 0 Å². The zero-order chi connectivity index (χ0) is 17.0. The Balaban J connectivity index is 2.20. The van der Waals surface area contributed by atoms with Gasteiger partial charge in [-0.3, -0.25) is 9.59 Å². The maximum absolute atomic E-state index is 12.4. The fraction of sp³-hybridized carbons (Fsp3) is 0.263. The van der Waals surface area contributed by atoms with Crippen LogP contribution in [-0.2, 0) is 15.0 Å². The molecule has 2 rings (SSSR count). The van der Waals surface area contributed by atoms with E-state index >= 15 is 0 Å². The van der Waals surface area contributed by atoms with Crippen molar-refractivity contribution < 1.29 is 14.7 Å². The van der Waals surface area contributed by atoms with Crippen LogP contribution in [0.3, 0.4) is 0 Å². The summed E-state index contributed by atoms with van der Waals surface area (Å²) in [7, 11) is 0. The van der Waals surface area contributed by atoms with Crippen molar-refractivity contribution in [2.75, 3.05) is 5.32 Å². The van der Waals surface area contributed by atoms with Gasteiger partial charge in [-0.15, -0.1) is 0 Å². The molecule has 2 N–H and O–H groups in total. The molecular formula is C19H21NO3. The lowest BCUT2D eigenvalue weighted by molar-refractivity contribution is -0.145. The van der Waals surface area contributed by atoms with Gasteiger partial charge in [0.2, 0.25) is 5.91 Å². The predicted octanol–water partition coefficient (Wildman–Crippen LogP) is 3.67. The van der Waals surface area contributed by atoms with Crippen LogP contribution in [0.25, 0.3) is 0 Å². The summed E-state index contributed by atoms with van der Waals surface area (Å²) in [6.07, 6.45) is -0.125. The van der Waals surface area contributed by atoms with Crippen molar-refractivity contribution in [2.45, 2.75) is 32.6 Å². The highest BCUT2D eigenvalue weighted by Gasteiger charge is 2.37. The van der Waals surface area contributed by atoms with Gasteiger partial charge in [0.05, 0.1) is 5.41 Å². The zero-order valence-corrected chi connectivity index (χ0v) is 13.6. The van der Waals surface area contributed by atoms with Crippen molar-refractivity contribution in [1.82, 2.24) is 0 Å². The molecule has 1 unspecified atom stereocenters. The van der Waals surface area contributed by atoms with Crippen LogP contribution in [0.15, 0.2) is 48.5 Å². The first-order chi connectivity index (χ1) is 10.8. The quantitative estimate of drug-likeness (QED) is 0.885. The van der Waals surface area contributed by atoms with Crippen molar-refractivity contribution >= 4 is 17.6 Å². The second kappa shape index (κ2) is 6.65. The Morgan fingerprint density at radius 3 is 2.30 bits per heavy atom. The van der Waals surface area contributed by atoms with Crippen LogP contribution in [0.2, 0.25) is 0 Å². The van der Waals surface area contributed by atoms with E-state index in [1.54, 1.807) is 31.2 Å². The van der Waals surface area contributed by atoms with Gasteiger partial charge < -0.3 is 10.4 Å². The Morgan fingerprint density at radius 2 is 1.74 bits per heavy atom. The summed E-state index contributed by atoms with van der Waals surface area (Å²) in [6, 6.07) is 14.6. The van der Waals surface area contributed by atoms with Crippen LogP contribution in [0, 0.1) is 13.8 Å². The Bertz CT molecular complexity index is 725. The summed E-state index contributed by atoms with van der Waals surface area (Å²) >= 11 is 0. The normalized spacial score (nSPS) is 13.2. The van der Waals surface area contributed by atoms with Crippen molar-refractivity contribution in [3.63, 3.8) is 0 Å². The minimum atomic E-state index is -1.26. The number of aliphatic carboxylic acids is 1. The lowest BCUT2D eigenvalue weighted by Crippen LogP contribution is -2.36. The molecule has 0 fully saturated rings. The highest BCUT2D eigenvalue weighted by molar-refractivity contribution is 5.96. The number of anilines is 1. The van der Waals surface area contributed by atoms with Crippen LogP contribution in [0.1, 0.15) is 30.0 Å². The molecule has 0 radical (unpaired) electrons. The lowest BCUT2D eigenvalue weighted by Gasteiger charge is -2.25. The lowest BCUT2D eigenvalue weighted by atomic mass is 9.79. The topological polar surface area (TPSA) is 66.4 Å². The van der Waals surface area contributed by atoms with Gasteiger partial charge in [0, 0.05) is 12.1 Å². The standard InChI is InChI=1S/C19H21NO3/c1-13-9-10-16(14(2)11-13)20-17(21)12-19(3,18(22)23)15-7-5-4-6-8-15/h4-11H,12H2,1-3H3,(H,20,21)(H,22,23). The number of benzene rings is 2. The molecule has 4 nitrogen and oxygen atoms in total. The van der Waals surface area contributed by atoms with E-state index in [0.717, 1.165) is 11.1 Å². The molecule has 0 aliphatic heterocycles. The Labute approximate surface area is 136 Å². The molecule has 0 bridgehead atoms. The SMILES string of the molecule is Cc1ccc(NC(=O)CC(C)(C(=O)O)c2ccccc2)c(C)c1. The van der Waals surface area contributed by atoms with Gasteiger partial charge in [-0.2, -0.15) is 0 Å². The molecule has 0 aliphatic rings. The first kappa shape index (κ1) is 16.7. The van der Waals surface area contributed by atoms with Crippen LogP contribution in [-0.4, -0.2) is 17.0 Å². The highest BCUT2D eigenvalue weighted by Crippen LogP contribution is 2.29. The minimum Gasteiger partial charge on any atom is -0.481 e. The molecule has 0 aliphatic carbocycles. The van der Waals surface area contributed by atoms with E-state index in [-0.39, 0.29) is 12.3 Å². The number of rotatable bonds is 5. The number of nitrogens with one attached hydrogen (secondary N) is 1. The van der Waals surface area contributed by atoms with Crippen molar-refractivity contribution in [3.05, 3.63) is 65.2 Å². The molecule has 120 valence electrons. The maximum atomic E-state index is 12.4. The summed E-state index contributed by atoms with van der Waals surface area (Å²) in [5, 5.41) is 12.4. The largest absolute Gasteiger partial charge is 0.481 e. The van der Waals surface area contributed by atoms with Gasteiger partial charge in [-0.05, 0) is 38.0 Å². The van der Waals surface area contributed by atoms with E-state index in [0.29, 0.717) is 11.3 Å². The van der Waals surface area contributed by atoms with Gasteiger partial charge in [0.25, 0.3) is 0 Å². The highest BCUT2D eigenvalue weighted by atomic mass is 16.4. The Kier molecular flexibility index (Phi) is 4.84. The molecule has 0 heterocycles. The number of carbonyl (C=O) groups is 2. The number of carboxylic acid groups (broad SMARTS) is 1. The Hall–Kier alpha value is -2.62. The average Bonchev–Trinajstić information content (AvgIpc) is 2.50. The summed E-state index contributed by atoms with van der Waals surface area (Å²) in [5.41, 5.74) is 2.13. The number of amides is 1. The second-order valence-electron chi connectivity index (χ2n) is 6.05. The minimum absolute atomic E-state index is 0.125. The van der Waals surface area contributed by atoms with Gasteiger partial charge in [-0.1, -0.05) is 48.0 Å². The monoisotopic (exact) mass is 311 g/mol. The van der Waals surface area contributed by atoms with Crippen LogP contribution < -0.4 is 5.32 Å². The average molecular weight is 311 g/mol. The number of carboxylic acids is 1. The fourth-order valence-corrected chi connectivity index (χ4v) is 2.58. The zero-order valence-electron chi connectivity index (χ0n) is 13.6. The third-order valence-electron chi connectivity index (χ3n) is 4.05. The molecule has 2 aromatic rings. The van der Waals surface area contributed by atoms with Crippen molar-refractivity contribution in [3.8, 4) is 0 Å². The van der Waals surface area contributed by atoms with Crippen LogP contribution in [0.4, 0.5) is 5.69 Å². The Morgan fingerprint density at radius 1 is 1.09 bits per heavy atom. The van der Waals surface area contributed by atoms with E-state index in [1.807, 2.05) is 38.1 Å². The van der Waals surface area contributed by atoms with E-state index in [4.69, 9.17) is 0 Å². The number of aryl methyl sites for hydroxylation is 2. The third-order valence-corrected chi connectivity index (χ3v) is 4.05. The molecule has 1 amide bonds. The molecule has 23 heavy (non-hydrogen) atoms. The molecule has 1 atom stereocenters. The fourth-order valence-electron chi connectivity index (χ4n) is 2.58. The van der Waals surface area contributed by atoms with E-state index in [2.05, 4.69) is 5.32 Å². The first-order valence-corrected chi connectivity index (χ1v) is 7.49. The van der Waals surface area contributed by atoms with E-state index in [9.17, 15) is 14.7 Å². The summed E-state index contributed by atoms with van der Waals surface area (Å²) in [6.45, 7) is 5.47. The van der Waals surface area contributed by atoms with Gasteiger partial charge >= 0.3 is 5.97 Å². The number of hydrogen-bond acceptors (Lipinski definition) is 2. The summed E-state index contributed by atoms with van der Waals surface area (Å²) in [5.74, 6) is -1.33. The smallest absolute Gasteiger partial charge is 0.314 e.